The Morgan fingerprint density at radius 3 is 2.31 bits per heavy atom. The Hall–Kier alpha value is -1.19. The molecule has 0 aliphatic rings. The Morgan fingerprint density at radius 1 is 1.23 bits per heavy atom. The van der Waals surface area contributed by atoms with Crippen molar-refractivity contribution < 1.29 is 13.2 Å². The summed E-state index contributed by atoms with van der Waals surface area (Å²) >= 11 is 0. The van der Waals surface area contributed by atoms with Crippen LogP contribution in [-0.4, -0.2) is 7.05 Å². The topological polar surface area (TPSA) is 12.0 Å². The molecule has 0 aliphatic heterocycles. The molecule has 1 nitrogen and oxygen atoms in total. The number of hydrogen-bond acceptors (Lipinski definition) is 1. The minimum absolute atomic E-state index is 0.242. The lowest BCUT2D eigenvalue weighted by atomic mass is 10.1. The Morgan fingerprint density at radius 2 is 1.85 bits per heavy atom. The van der Waals surface area contributed by atoms with Gasteiger partial charge in [-0.3, -0.25) is 0 Å². The van der Waals surface area contributed by atoms with Crippen LogP contribution in [0.4, 0.5) is 18.9 Å². The highest BCUT2D eigenvalue weighted by Crippen LogP contribution is 2.33. The molecule has 13 heavy (non-hydrogen) atoms. The van der Waals surface area contributed by atoms with Gasteiger partial charge in [-0.05, 0) is 24.6 Å². The molecular weight excluding hydrogens is 179 g/mol. The molecule has 0 unspecified atom stereocenters. The van der Waals surface area contributed by atoms with Crippen molar-refractivity contribution in [3.63, 3.8) is 0 Å². The molecule has 72 valence electrons. The number of alkyl halides is 3. The van der Waals surface area contributed by atoms with Crippen LogP contribution in [0, 0.1) is 6.92 Å². The molecular formula is C9H10F3N. The van der Waals surface area contributed by atoms with Gasteiger partial charge in [0.25, 0.3) is 0 Å². The van der Waals surface area contributed by atoms with E-state index in [1.807, 2.05) is 0 Å². The van der Waals surface area contributed by atoms with Crippen molar-refractivity contribution in [2.45, 2.75) is 13.1 Å². The summed E-state index contributed by atoms with van der Waals surface area (Å²) in [5, 5.41) is 2.67. The minimum Gasteiger partial charge on any atom is -0.388 e. The first-order valence-corrected chi connectivity index (χ1v) is 3.80. The molecule has 0 heterocycles. The summed E-state index contributed by atoms with van der Waals surface area (Å²) in [5.74, 6) is 0. The van der Waals surface area contributed by atoms with E-state index in [1.165, 1.54) is 13.0 Å². The predicted octanol–water partition coefficient (Wildman–Crippen LogP) is 3.06. The molecule has 0 aliphatic carbocycles. The molecule has 0 aromatic heterocycles. The molecule has 0 spiro atoms. The SMILES string of the molecule is CNc1ccc(C)c(C(F)(F)F)c1. The van der Waals surface area contributed by atoms with Crippen LogP contribution in [0.15, 0.2) is 18.2 Å². The monoisotopic (exact) mass is 189 g/mol. The zero-order valence-corrected chi connectivity index (χ0v) is 7.37. The van der Waals surface area contributed by atoms with Crippen LogP contribution < -0.4 is 5.32 Å². The van der Waals surface area contributed by atoms with Crippen molar-refractivity contribution in [1.82, 2.24) is 0 Å². The van der Waals surface area contributed by atoms with E-state index in [1.54, 1.807) is 13.1 Å². The Balaban J connectivity index is 3.19. The normalized spacial score (nSPS) is 11.5. The van der Waals surface area contributed by atoms with Gasteiger partial charge in [-0.15, -0.1) is 0 Å². The van der Waals surface area contributed by atoms with Gasteiger partial charge in [0.15, 0.2) is 0 Å². The second kappa shape index (κ2) is 3.28. The highest BCUT2D eigenvalue weighted by atomic mass is 19.4. The van der Waals surface area contributed by atoms with Gasteiger partial charge in [0.2, 0.25) is 0 Å². The van der Waals surface area contributed by atoms with E-state index in [2.05, 4.69) is 5.32 Å². The van der Waals surface area contributed by atoms with E-state index in [4.69, 9.17) is 0 Å². The van der Waals surface area contributed by atoms with Crippen LogP contribution in [0.2, 0.25) is 0 Å². The minimum atomic E-state index is -4.27. The first kappa shape index (κ1) is 9.89. The Bertz CT molecular complexity index is 304. The Labute approximate surface area is 74.6 Å². The highest BCUT2D eigenvalue weighted by molar-refractivity contribution is 5.48. The highest BCUT2D eigenvalue weighted by Gasteiger charge is 2.32. The van der Waals surface area contributed by atoms with Gasteiger partial charge < -0.3 is 5.32 Å². The van der Waals surface area contributed by atoms with E-state index in [-0.39, 0.29) is 5.56 Å². The molecule has 0 amide bonds. The van der Waals surface area contributed by atoms with Crippen LogP contribution in [0.3, 0.4) is 0 Å². The summed E-state index contributed by atoms with van der Waals surface area (Å²) in [5.41, 5.74) is 0.128. The van der Waals surface area contributed by atoms with E-state index >= 15 is 0 Å². The van der Waals surface area contributed by atoms with E-state index in [0.717, 1.165) is 6.07 Å². The number of aryl methyl sites for hydroxylation is 1. The van der Waals surface area contributed by atoms with Crippen LogP contribution in [0.1, 0.15) is 11.1 Å². The van der Waals surface area contributed by atoms with Gasteiger partial charge >= 0.3 is 6.18 Å². The molecule has 4 heteroatoms. The number of benzene rings is 1. The molecule has 0 bridgehead atoms. The van der Waals surface area contributed by atoms with E-state index in [0.29, 0.717) is 5.69 Å². The zero-order chi connectivity index (χ0) is 10.1. The summed E-state index contributed by atoms with van der Waals surface area (Å²) in [6, 6.07) is 4.18. The van der Waals surface area contributed by atoms with Gasteiger partial charge in [0.05, 0.1) is 5.56 Å². The first-order chi connectivity index (χ1) is 5.95. The molecule has 0 saturated heterocycles. The fourth-order valence-electron chi connectivity index (χ4n) is 1.08. The van der Waals surface area contributed by atoms with Crippen LogP contribution in [-0.2, 0) is 6.18 Å². The molecule has 0 saturated carbocycles. The quantitative estimate of drug-likeness (QED) is 0.715. The third-order valence-electron chi connectivity index (χ3n) is 1.83. The van der Waals surface area contributed by atoms with Gasteiger partial charge in [-0.1, -0.05) is 6.07 Å². The smallest absolute Gasteiger partial charge is 0.388 e. The van der Waals surface area contributed by atoms with Crippen LogP contribution in [0.25, 0.3) is 0 Å². The molecule has 1 aromatic rings. The molecule has 1 rings (SSSR count). The van der Waals surface area contributed by atoms with Crippen molar-refractivity contribution in [3.05, 3.63) is 29.3 Å². The third kappa shape index (κ3) is 2.14. The fraction of sp³-hybridized carbons (Fsp3) is 0.333. The van der Waals surface area contributed by atoms with Crippen LogP contribution >= 0.6 is 0 Å². The molecule has 0 atom stereocenters. The Kier molecular flexibility index (Phi) is 2.50. The maximum Gasteiger partial charge on any atom is 0.416 e. The summed E-state index contributed by atoms with van der Waals surface area (Å²) in [6.45, 7) is 1.45. The van der Waals surface area contributed by atoms with Crippen molar-refractivity contribution in [2.24, 2.45) is 0 Å². The van der Waals surface area contributed by atoms with Crippen molar-refractivity contribution >= 4 is 5.69 Å². The number of anilines is 1. The van der Waals surface area contributed by atoms with Gasteiger partial charge in [-0.2, -0.15) is 13.2 Å². The number of halogens is 3. The van der Waals surface area contributed by atoms with Crippen molar-refractivity contribution in [2.75, 3.05) is 12.4 Å². The van der Waals surface area contributed by atoms with Gasteiger partial charge in [0.1, 0.15) is 0 Å². The van der Waals surface area contributed by atoms with E-state index in [9.17, 15) is 13.2 Å². The molecule has 0 fully saturated rings. The summed E-state index contributed by atoms with van der Waals surface area (Å²) < 4.78 is 37.0. The summed E-state index contributed by atoms with van der Waals surface area (Å²) in [6.07, 6.45) is -4.27. The maximum absolute atomic E-state index is 12.3. The summed E-state index contributed by atoms with van der Waals surface area (Å²) in [4.78, 5) is 0. The van der Waals surface area contributed by atoms with Crippen molar-refractivity contribution in [1.29, 1.82) is 0 Å². The van der Waals surface area contributed by atoms with E-state index < -0.39 is 11.7 Å². The number of hydrogen-bond donors (Lipinski definition) is 1. The molecule has 0 radical (unpaired) electrons. The lowest BCUT2D eigenvalue weighted by Gasteiger charge is -2.11. The summed E-state index contributed by atoms with van der Waals surface area (Å²) in [7, 11) is 1.59. The average Bonchev–Trinajstić information content (AvgIpc) is 2.03. The molecule has 1 N–H and O–H groups in total. The second-order valence-corrected chi connectivity index (χ2v) is 2.78. The second-order valence-electron chi connectivity index (χ2n) is 2.78. The average molecular weight is 189 g/mol. The number of rotatable bonds is 1. The lowest BCUT2D eigenvalue weighted by Crippen LogP contribution is -2.07. The predicted molar refractivity (Wildman–Crippen MR) is 45.7 cm³/mol. The first-order valence-electron chi connectivity index (χ1n) is 3.80. The van der Waals surface area contributed by atoms with Gasteiger partial charge in [-0.25, -0.2) is 0 Å². The third-order valence-corrected chi connectivity index (χ3v) is 1.83. The fourth-order valence-corrected chi connectivity index (χ4v) is 1.08. The zero-order valence-electron chi connectivity index (χ0n) is 7.37. The van der Waals surface area contributed by atoms with Gasteiger partial charge in [0, 0.05) is 12.7 Å². The molecule has 1 aromatic carbocycles. The van der Waals surface area contributed by atoms with Crippen molar-refractivity contribution in [3.8, 4) is 0 Å². The maximum atomic E-state index is 12.3. The number of nitrogens with one attached hydrogen (secondary N) is 1. The standard InChI is InChI=1S/C9H10F3N/c1-6-3-4-7(13-2)5-8(6)9(10,11)12/h3-5,13H,1-2H3. The largest absolute Gasteiger partial charge is 0.416 e. The van der Waals surface area contributed by atoms with Crippen LogP contribution in [0.5, 0.6) is 0 Å². The lowest BCUT2D eigenvalue weighted by molar-refractivity contribution is -0.138.